The van der Waals surface area contributed by atoms with E-state index in [-0.39, 0.29) is 49.1 Å². The van der Waals surface area contributed by atoms with Crippen LogP contribution in [0.5, 0.6) is 0 Å². The van der Waals surface area contributed by atoms with Crippen LogP contribution >= 0.6 is 0 Å². The van der Waals surface area contributed by atoms with E-state index in [4.69, 9.17) is 0 Å². The van der Waals surface area contributed by atoms with Crippen molar-refractivity contribution in [2.45, 2.75) is 32.6 Å². The number of rotatable bonds is 3. The molecule has 1 saturated heterocycles. The molecule has 0 spiro atoms. The molecule has 0 aromatic heterocycles. The first-order chi connectivity index (χ1) is 15.4. The molecule has 9 heteroatoms. The molecule has 0 N–H and O–H groups in total. The summed E-state index contributed by atoms with van der Waals surface area (Å²) in [5.74, 6) is -1.10. The van der Waals surface area contributed by atoms with Gasteiger partial charge in [0.05, 0.1) is 16.0 Å². The number of aryl methyl sites for hydroxylation is 2. The first-order valence-electron chi connectivity index (χ1n) is 10.8. The van der Waals surface area contributed by atoms with Crippen molar-refractivity contribution in [3.05, 3.63) is 63.2 Å². The molecule has 2 aromatic carbocycles. The summed E-state index contributed by atoms with van der Waals surface area (Å²) in [5, 5.41) is 0. The SMILES string of the molecule is Cc1cc(C)c(C)c(S(=O)(=O)N2CCN(C(=O)c3ccc4c(c3)C(=O)N(C)C4=O)CC2)c1C. The number of sulfonamides is 1. The van der Waals surface area contributed by atoms with E-state index in [1.54, 1.807) is 4.90 Å². The Morgan fingerprint density at radius 2 is 1.36 bits per heavy atom. The molecule has 0 saturated carbocycles. The molecule has 33 heavy (non-hydrogen) atoms. The average molecular weight is 470 g/mol. The van der Waals surface area contributed by atoms with E-state index in [9.17, 15) is 22.8 Å². The van der Waals surface area contributed by atoms with Crippen LogP contribution in [-0.2, 0) is 10.0 Å². The Kier molecular flexibility index (Phi) is 5.66. The zero-order valence-corrected chi connectivity index (χ0v) is 20.2. The van der Waals surface area contributed by atoms with E-state index in [2.05, 4.69) is 0 Å². The Labute approximate surface area is 193 Å². The van der Waals surface area contributed by atoms with E-state index in [1.165, 1.54) is 29.6 Å². The number of hydrogen-bond donors (Lipinski definition) is 0. The third-order valence-electron chi connectivity index (χ3n) is 6.76. The summed E-state index contributed by atoms with van der Waals surface area (Å²) in [6.45, 7) is 8.32. The fraction of sp³-hybridized carbons (Fsp3) is 0.375. The second-order valence-corrected chi connectivity index (χ2v) is 10.6. The Morgan fingerprint density at radius 1 is 0.818 bits per heavy atom. The molecule has 3 amide bonds. The highest BCUT2D eigenvalue weighted by Crippen LogP contribution is 2.30. The maximum absolute atomic E-state index is 13.5. The first-order valence-corrected chi connectivity index (χ1v) is 12.2. The molecule has 0 aliphatic carbocycles. The molecule has 1 fully saturated rings. The van der Waals surface area contributed by atoms with Crippen LogP contribution in [0, 0.1) is 27.7 Å². The summed E-state index contributed by atoms with van der Waals surface area (Å²) in [4.78, 5) is 40.3. The second kappa shape index (κ2) is 8.07. The zero-order valence-electron chi connectivity index (χ0n) is 19.4. The number of piperazine rings is 1. The standard InChI is InChI=1S/C24H27N3O5S/c1-14-12-15(2)17(4)21(16(14)3)33(31,32)27-10-8-26(9-11-27)22(28)18-6-7-19-20(13-18)24(30)25(5)23(19)29/h6-7,12-13H,8-11H2,1-5H3. The molecular formula is C24H27N3O5S. The van der Waals surface area contributed by atoms with Gasteiger partial charge in [0.25, 0.3) is 17.7 Å². The third kappa shape index (κ3) is 3.65. The van der Waals surface area contributed by atoms with Gasteiger partial charge in [-0.05, 0) is 68.1 Å². The van der Waals surface area contributed by atoms with E-state index in [1.807, 2.05) is 33.8 Å². The van der Waals surface area contributed by atoms with Gasteiger partial charge in [0.2, 0.25) is 10.0 Å². The fourth-order valence-corrected chi connectivity index (χ4v) is 6.50. The van der Waals surface area contributed by atoms with Crippen LogP contribution < -0.4 is 0 Å². The van der Waals surface area contributed by atoms with E-state index in [0.29, 0.717) is 10.5 Å². The number of carbonyl (C=O) groups is 3. The lowest BCUT2D eigenvalue weighted by Crippen LogP contribution is -2.50. The van der Waals surface area contributed by atoms with Crippen molar-refractivity contribution in [1.29, 1.82) is 0 Å². The van der Waals surface area contributed by atoms with Crippen molar-refractivity contribution in [2.75, 3.05) is 33.2 Å². The Morgan fingerprint density at radius 3 is 1.94 bits per heavy atom. The molecule has 2 heterocycles. The molecule has 0 radical (unpaired) electrons. The third-order valence-corrected chi connectivity index (χ3v) is 8.93. The molecule has 2 aromatic rings. The second-order valence-electron chi connectivity index (χ2n) is 8.72. The number of fused-ring (bicyclic) bond motifs is 1. The summed E-state index contributed by atoms with van der Waals surface area (Å²) in [7, 11) is -2.29. The molecule has 4 rings (SSSR count). The maximum atomic E-state index is 13.5. The van der Waals surface area contributed by atoms with Crippen LogP contribution in [0.1, 0.15) is 53.3 Å². The van der Waals surface area contributed by atoms with Gasteiger partial charge in [0, 0.05) is 38.8 Å². The van der Waals surface area contributed by atoms with E-state index >= 15 is 0 Å². The largest absolute Gasteiger partial charge is 0.336 e. The smallest absolute Gasteiger partial charge is 0.261 e. The van der Waals surface area contributed by atoms with Crippen molar-refractivity contribution in [3.63, 3.8) is 0 Å². The highest BCUT2D eigenvalue weighted by atomic mass is 32.2. The van der Waals surface area contributed by atoms with Gasteiger partial charge in [-0.3, -0.25) is 19.3 Å². The van der Waals surface area contributed by atoms with Crippen molar-refractivity contribution in [1.82, 2.24) is 14.1 Å². The fourth-order valence-electron chi connectivity index (χ4n) is 4.51. The van der Waals surface area contributed by atoms with Gasteiger partial charge in [-0.2, -0.15) is 4.31 Å². The van der Waals surface area contributed by atoms with Crippen LogP contribution in [0.4, 0.5) is 0 Å². The molecule has 0 unspecified atom stereocenters. The molecule has 0 atom stereocenters. The van der Waals surface area contributed by atoms with E-state index < -0.39 is 15.9 Å². The summed E-state index contributed by atoms with van der Waals surface area (Å²) < 4.78 is 28.3. The number of nitrogens with zero attached hydrogens (tertiary/aromatic N) is 3. The highest BCUT2D eigenvalue weighted by molar-refractivity contribution is 7.89. The van der Waals surface area contributed by atoms with Gasteiger partial charge in [-0.15, -0.1) is 0 Å². The van der Waals surface area contributed by atoms with Crippen LogP contribution in [0.25, 0.3) is 0 Å². The number of imide groups is 1. The van der Waals surface area contributed by atoms with Crippen LogP contribution in [0.3, 0.4) is 0 Å². The van der Waals surface area contributed by atoms with Gasteiger partial charge < -0.3 is 4.90 Å². The minimum atomic E-state index is -3.70. The summed E-state index contributed by atoms with van der Waals surface area (Å²) in [6, 6.07) is 6.48. The lowest BCUT2D eigenvalue weighted by Gasteiger charge is -2.35. The topological polar surface area (TPSA) is 95.1 Å². The van der Waals surface area contributed by atoms with E-state index in [0.717, 1.165) is 27.2 Å². The molecular weight excluding hydrogens is 442 g/mol. The maximum Gasteiger partial charge on any atom is 0.261 e. The minimum Gasteiger partial charge on any atom is -0.336 e. The van der Waals surface area contributed by atoms with Crippen molar-refractivity contribution < 1.29 is 22.8 Å². The van der Waals surface area contributed by atoms with Crippen LogP contribution in [0.15, 0.2) is 29.2 Å². The van der Waals surface area contributed by atoms with Gasteiger partial charge in [-0.25, -0.2) is 8.42 Å². The van der Waals surface area contributed by atoms with Crippen molar-refractivity contribution in [3.8, 4) is 0 Å². The van der Waals surface area contributed by atoms with Gasteiger partial charge in [-0.1, -0.05) is 6.07 Å². The Bertz CT molecular complexity index is 1280. The van der Waals surface area contributed by atoms with Crippen LogP contribution in [0.2, 0.25) is 0 Å². The molecule has 8 nitrogen and oxygen atoms in total. The summed E-state index contributed by atoms with van der Waals surface area (Å²) >= 11 is 0. The zero-order chi connectivity index (χ0) is 24.2. The Balaban J connectivity index is 1.53. The number of benzene rings is 2. The monoisotopic (exact) mass is 469 g/mol. The van der Waals surface area contributed by atoms with Crippen molar-refractivity contribution in [2.24, 2.45) is 0 Å². The molecule has 174 valence electrons. The number of amides is 3. The normalized spacial score (nSPS) is 17.0. The lowest BCUT2D eigenvalue weighted by atomic mass is 10.0. The highest BCUT2D eigenvalue weighted by Gasteiger charge is 2.35. The Hall–Kier alpha value is -3.04. The first kappa shape index (κ1) is 23.1. The van der Waals surface area contributed by atoms with Gasteiger partial charge in [0.15, 0.2) is 0 Å². The predicted octanol–water partition coefficient (Wildman–Crippen LogP) is 2.29. The number of hydrogen-bond acceptors (Lipinski definition) is 5. The average Bonchev–Trinajstić information content (AvgIpc) is 3.01. The van der Waals surface area contributed by atoms with Crippen molar-refractivity contribution >= 4 is 27.7 Å². The summed E-state index contributed by atoms with van der Waals surface area (Å²) in [6.07, 6.45) is 0. The van der Waals surface area contributed by atoms with Gasteiger partial charge in [0.1, 0.15) is 0 Å². The predicted molar refractivity (Wildman–Crippen MR) is 123 cm³/mol. The molecule has 2 aliphatic rings. The lowest BCUT2D eigenvalue weighted by molar-refractivity contribution is 0.0688. The van der Waals surface area contributed by atoms with Gasteiger partial charge >= 0.3 is 0 Å². The summed E-state index contributed by atoms with van der Waals surface area (Å²) in [5.41, 5.74) is 4.17. The quantitative estimate of drug-likeness (QED) is 0.643. The number of carbonyl (C=O) groups excluding carboxylic acids is 3. The molecule has 0 bridgehead atoms. The minimum absolute atomic E-state index is 0.186. The van der Waals surface area contributed by atoms with Crippen LogP contribution in [-0.4, -0.2) is 73.5 Å². The molecule has 2 aliphatic heterocycles.